The SMILES string of the molecule is C=C[C@@H]1CC(=O)N1Cc1ccccc1. The maximum absolute atomic E-state index is 11.3. The molecule has 0 N–H and O–H groups in total. The third-order valence-corrected chi connectivity index (χ3v) is 2.57. The van der Waals surface area contributed by atoms with E-state index in [-0.39, 0.29) is 11.9 Å². The van der Waals surface area contributed by atoms with E-state index in [1.165, 1.54) is 5.56 Å². The summed E-state index contributed by atoms with van der Waals surface area (Å²) in [4.78, 5) is 13.1. The Bertz CT molecular complexity index is 345. The van der Waals surface area contributed by atoms with E-state index in [1.807, 2.05) is 41.3 Å². The Balaban J connectivity index is 2.04. The van der Waals surface area contributed by atoms with Gasteiger partial charge < -0.3 is 4.90 Å². The molecule has 72 valence electrons. The van der Waals surface area contributed by atoms with Gasteiger partial charge in [-0.2, -0.15) is 0 Å². The molecule has 0 spiro atoms. The van der Waals surface area contributed by atoms with Crippen molar-refractivity contribution in [3.8, 4) is 0 Å². The molecule has 1 saturated heterocycles. The summed E-state index contributed by atoms with van der Waals surface area (Å²) in [6.07, 6.45) is 2.46. The second-order valence-electron chi connectivity index (χ2n) is 3.51. The van der Waals surface area contributed by atoms with Crippen molar-refractivity contribution in [3.63, 3.8) is 0 Å². The smallest absolute Gasteiger partial charge is 0.225 e. The standard InChI is InChI=1S/C12H13NO/c1-2-11-8-12(14)13(11)9-10-6-4-3-5-7-10/h2-7,11H,1,8-9H2/t11-/m1/s1. The molecule has 2 rings (SSSR count). The largest absolute Gasteiger partial charge is 0.331 e. The number of likely N-dealkylation sites (tertiary alicyclic amines) is 1. The third kappa shape index (κ3) is 1.55. The topological polar surface area (TPSA) is 20.3 Å². The van der Waals surface area contributed by atoms with Gasteiger partial charge in [-0.1, -0.05) is 36.4 Å². The van der Waals surface area contributed by atoms with Crippen LogP contribution < -0.4 is 0 Å². The fourth-order valence-corrected chi connectivity index (χ4v) is 1.67. The van der Waals surface area contributed by atoms with Crippen LogP contribution in [0, 0.1) is 0 Å². The number of nitrogens with zero attached hydrogens (tertiary/aromatic N) is 1. The number of hydrogen-bond donors (Lipinski definition) is 0. The summed E-state index contributed by atoms with van der Waals surface area (Å²) in [7, 11) is 0. The van der Waals surface area contributed by atoms with Gasteiger partial charge in [-0.15, -0.1) is 6.58 Å². The van der Waals surface area contributed by atoms with Crippen molar-refractivity contribution in [2.75, 3.05) is 0 Å². The number of β-lactam (4-membered cyclic amide) rings is 1. The van der Waals surface area contributed by atoms with Crippen molar-refractivity contribution in [2.24, 2.45) is 0 Å². The highest BCUT2D eigenvalue weighted by molar-refractivity contribution is 5.83. The summed E-state index contributed by atoms with van der Waals surface area (Å²) >= 11 is 0. The molecule has 0 aliphatic carbocycles. The number of carbonyl (C=O) groups excluding carboxylic acids is 1. The lowest BCUT2D eigenvalue weighted by atomic mass is 10.0. The first-order valence-electron chi connectivity index (χ1n) is 4.77. The Hall–Kier alpha value is -1.57. The van der Waals surface area contributed by atoms with Crippen molar-refractivity contribution in [2.45, 2.75) is 19.0 Å². The summed E-state index contributed by atoms with van der Waals surface area (Å²) in [5.74, 6) is 0.221. The zero-order chi connectivity index (χ0) is 9.97. The van der Waals surface area contributed by atoms with Crippen molar-refractivity contribution in [1.29, 1.82) is 0 Å². The van der Waals surface area contributed by atoms with Gasteiger partial charge in [-0.05, 0) is 5.56 Å². The molecule has 0 radical (unpaired) electrons. The summed E-state index contributed by atoms with van der Waals surface area (Å²) in [5, 5.41) is 0. The van der Waals surface area contributed by atoms with Gasteiger partial charge in [0.25, 0.3) is 0 Å². The normalized spacial score (nSPS) is 20.4. The van der Waals surface area contributed by atoms with E-state index >= 15 is 0 Å². The van der Waals surface area contributed by atoms with E-state index in [2.05, 4.69) is 6.58 Å². The molecule has 1 atom stereocenters. The Morgan fingerprint density at radius 3 is 2.71 bits per heavy atom. The van der Waals surface area contributed by atoms with Gasteiger partial charge in [0, 0.05) is 6.54 Å². The van der Waals surface area contributed by atoms with E-state index in [9.17, 15) is 4.79 Å². The number of carbonyl (C=O) groups is 1. The van der Waals surface area contributed by atoms with Crippen LogP contribution in [0.3, 0.4) is 0 Å². The lowest BCUT2D eigenvalue weighted by molar-refractivity contribution is -0.144. The predicted octanol–water partition coefficient (Wildman–Crippen LogP) is 1.97. The first-order chi connectivity index (χ1) is 6.81. The molecule has 0 bridgehead atoms. The van der Waals surface area contributed by atoms with Crippen molar-refractivity contribution in [3.05, 3.63) is 48.6 Å². The van der Waals surface area contributed by atoms with Gasteiger partial charge in [-0.25, -0.2) is 0 Å². The average molecular weight is 187 g/mol. The number of benzene rings is 1. The quantitative estimate of drug-likeness (QED) is 0.523. The zero-order valence-electron chi connectivity index (χ0n) is 8.02. The predicted molar refractivity (Wildman–Crippen MR) is 55.6 cm³/mol. The fourth-order valence-electron chi connectivity index (χ4n) is 1.67. The Labute approximate surface area is 83.8 Å². The molecule has 1 heterocycles. The maximum Gasteiger partial charge on any atom is 0.225 e. The molecular formula is C12H13NO. The molecule has 1 aromatic rings. The zero-order valence-corrected chi connectivity index (χ0v) is 8.02. The maximum atomic E-state index is 11.3. The van der Waals surface area contributed by atoms with Crippen LogP contribution in [0.5, 0.6) is 0 Å². The molecule has 1 amide bonds. The minimum Gasteiger partial charge on any atom is -0.331 e. The Morgan fingerprint density at radius 2 is 2.14 bits per heavy atom. The fraction of sp³-hybridized carbons (Fsp3) is 0.250. The molecule has 14 heavy (non-hydrogen) atoms. The minimum atomic E-state index is 0.221. The van der Waals surface area contributed by atoms with E-state index in [4.69, 9.17) is 0 Å². The molecule has 1 aliphatic heterocycles. The van der Waals surface area contributed by atoms with Gasteiger partial charge in [-0.3, -0.25) is 4.79 Å². The van der Waals surface area contributed by atoms with Crippen LogP contribution >= 0.6 is 0 Å². The van der Waals surface area contributed by atoms with Crippen LogP contribution in [-0.4, -0.2) is 16.8 Å². The van der Waals surface area contributed by atoms with Crippen LogP contribution in [0.2, 0.25) is 0 Å². The average Bonchev–Trinajstić information content (AvgIpc) is 2.24. The molecular weight excluding hydrogens is 174 g/mol. The monoisotopic (exact) mass is 187 g/mol. The molecule has 0 unspecified atom stereocenters. The third-order valence-electron chi connectivity index (χ3n) is 2.57. The number of amides is 1. The summed E-state index contributed by atoms with van der Waals surface area (Å²) in [5.41, 5.74) is 1.17. The molecule has 0 aromatic heterocycles. The molecule has 2 nitrogen and oxygen atoms in total. The molecule has 2 heteroatoms. The Kier molecular flexibility index (Phi) is 2.35. The second-order valence-corrected chi connectivity index (χ2v) is 3.51. The highest BCUT2D eigenvalue weighted by atomic mass is 16.2. The van der Waals surface area contributed by atoms with E-state index in [0.717, 1.165) is 0 Å². The molecule has 1 aliphatic rings. The highest BCUT2D eigenvalue weighted by Crippen LogP contribution is 2.22. The van der Waals surface area contributed by atoms with Crippen LogP contribution in [0.4, 0.5) is 0 Å². The summed E-state index contributed by atoms with van der Waals surface area (Å²) < 4.78 is 0. The lowest BCUT2D eigenvalue weighted by Gasteiger charge is -2.38. The van der Waals surface area contributed by atoms with Gasteiger partial charge in [0.15, 0.2) is 0 Å². The van der Waals surface area contributed by atoms with E-state index in [1.54, 1.807) is 0 Å². The molecule has 1 fully saturated rings. The highest BCUT2D eigenvalue weighted by Gasteiger charge is 2.33. The van der Waals surface area contributed by atoms with Crippen LogP contribution in [0.25, 0.3) is 0 Å². The van der Waals surface area contributed by atoms with Crippen LogP contribution in [0.15, 0.2) is 43.0 Å². The second kappa shape index (κ2) is 3.66. The first kappa shape index (κ1) is 9.00. The van der Waals surface area contributed by atoms with Crippen LogP contribution in [0.1, 0.15) is 12.0 Å². The lowest BCUT2D eigenvalue weighted by Crippen LogP contribution is -2.50. The first-order valence-corrected chi connectivity index (χ1v) is 4.77. The van der Waals surface area contributed by atoms with Gasteiger partial charge >= 0.3 is 0 Å². The van der Waals surface area contributed by atoms with Crippen LogP contribution in [-0.2, 0) is 11.3 Å². The number of rotatable bonds is 3. The summed E-state index contributed by atoms with van der Waals surface area (Å²) in [6.45, 7) is 4.42. The van der Waals surface area contributed by atoms with Gasteiger partial charge in [0.05, 0.1) is 12.5 Å². The Morgan fingerprint density at radius 1 is 1.43 bits per heavy atom. The number of hydrogen-bond acceptors (Lipinski definition) is 1. The van der Waals surface area contributed by atoms with Gasteiger partial charge in [0.2, 0.25) is 5.91 Å². The summed E-state index contributed by atoms with van der Waals surface area (Å²) in [6, 6.07) is 10.3. The van der Waals surface area contributed by atoms with Gasteiger partial charge in [0.1, 0.15) is 0 Å². The van der Waals surface area contributed by atoms with E-state index in [0.29, 0.717) is 13.0 Å². The van der Waals surface area contributed by atoms with Crippen molar-refractivity contribution in [1.82, 2.24) is 4.90 Å². The molecule has 1 aromatic carbocycles. The van der Waals surface area contributed by atoms with Crippen molar-refractivity contribution < 1.29 is 4.79 Å². The van der Waals surface area contributed by atoms with E-state index < -0.39 is 0 Å². The molecule has 0 saturated carbocycles. The van der Waals surface area contributed by atoms with Crippen molar-refractivity contribution >= 4 is 5.91 Å². The minimum absolute atomic E-state index is 0.221.